The van der Waals surface area contributed by atoms with Crippen LogP contribution in [0.5, 0.6) is 0 Å². The molecule has 1 aliphatic heterocycles. The van der Waals surface area contributed by atoms with E-state index in [1.54, 1.807) is 12.1 Å². The Hall–Kier alpha value is -2.50. The van der Waals surface area contributed by atoms with Gasteiger partial charge in [0.2, 0.25) is 0 Å². The first kappa shape index (κ1) is 16.9. The number of anilines is 5. The Bertz CT molecular complexity index is 960. The molecule has 26 heavy (non-hydrogen) atoms. The lowest BCUT2D eigenvalue weighted by Gasteiger charge is -2.31. The van der Waals surface area contributed by atoms with Gasteiger partial charge < -0.3 is 16.0 Å². The maximum absolute atomic E-state index is 6.40. The smallest absolute Gasteiger partial charge is 0.161 e. The van der Waals surface area contributed by atoms with E-state index >= 15 is 0 Å². The van der Waals surface area contributed by atoms with Gasteiger partial charge in [-0.3, -0.25) is 0 Å². The number of hydrogen-bond acceptors (Lipinski definition) is 5. The van der Waals surface area contributed by atoms with Crippen LogP contribution in [0.25, 0.3) is 0 Å². The Morgan fingerprint density at radius 3 is 2.73 bits per heavy atom. The van der Waals surface area contributed by atoms with Crippen molar-refractivity contribution in [3.05, 3.63) is 64.4 Å². The van der Waals surface area contributed by atoms with Gasteiger partial charge in [0.05, 0.1) is 10.0 Å². The fourth-order valence-electron chi connectivity index (χ4n) is 3.17. The van der Waals surface area contributed by atoms with Gasteiger partial charge in [-0.05, 0) is 42.7 Å². The number of benzene rings is 2. The topological polar surface area (TPSA) is 67.1 Å². The monoisotopic (exact) mass is 385 g/mol. The molecule has 3 N–H and O–H groups in total. The highest BCUT2D eigenvalue weighted by molar-refractivity contribution is 6.42. The molecule has 0 saturated heterocycles. The zero-order chi connectivity index (χ0) is 18.1. The Balaban J connectivity index is 1.70. The summed E-state index contributed by atoms with van der Waals surface area (Å²) in [6.45, 7) is 0.866. The van der Waals surface area contributed by atoms with Gasteiger partial charge in [-0.1, -0.05) is 41.4 Å². The number of hydrogen-bond donors (Lipinski definition) is 2. The van der Waals surface area contributed by atoms with Gasteiger partial charge in [0, 0.05) is 17.9 Å². The number of nitrogen functional groups attached to an aromatic ring is 1. The van der Waals surface area contributed by atoms with Crippen LogP contribution in [0.3, 0.4) is 0 Å². The van der Waals surface area contributed by atoms with E-state index in [0.717, 1.165) is 30.8 Å². The van der Waals surface area contributed by atoms with Crippen molar-refractivity contribution < 1.29 is 0 Å². The average Bonchev–Trinajstić information content (AvgIpc) is 2.66. The molecule has 0 unspecified atom stereocenters. The second-order valence-corrected chi connectivity index (χ2v) is 6.91. The number of nitrogens with zero attached hydrogens (tertiary/aromatic N) is 3. The number of nitrogens with two attached hydrogens (primary N) is 1. The van der Waals surface area contributed by atoms with E-state index in [0.29, 0.717) is 27.4 Å². The maximum Gasteiger partial charge on any atom is 0.161 e. The van der Waals surface area contributed by atoms with E-state index in [9.17, 15) is 0 Å². The lowest BCUT2D eigenvalue weighted by molar-refractivity contribution is 0.759. The number of nitrogens with one attached hydrogen (secondary N) is 1. The molecule has 0 radical (unpaired) electrons. The van der Waals surface area contributed by atoms with E-state index in [2.05, 4.69) is 38.4 Å². The molecule has 1 aliphatic rings. The fraction of sp³-hybridized carbons (Fsp3) is 0.158. The zero-order valence-electron chi connectivity index (χ0n) is 13.9. The SMILES string of the molecule is Nc1c(Nc2ccc(Cl)c(Cl)c2)ncnc1N1CCCc2ccccc21. The van der Waals surface area contributed by atoms with E-state index < -0.39 is 0 Å². The summed E-state index contributed by atoms with van der Waals surface area (Å²) >= 11 is 12.1. The third-order valence-corrected chi connectivity index (χ3v) is 5.15. The third-order valence-electron chi connectivity index (χ3n) is 4.41. The highest BCUT2D eigenvalue weighted by atomic mass is 35.5. The quantitative estimate of drug-likeness (QED) is 0.648. The van der Waals surface area contributed by atoms with Crippen LogP contribution >= 0.6 is 23.2 Å². The predicted octanol–water partition coefficient (Wildman–Crippen LogP) is 5.19. The summed E-state index contributed by atoms with van der Waals surface area (Å²) in [6, 6.07) is 13.6. The average molecular weight is 386 g/mol. The highest BCUT2D eigenvalue weighted by Crippen LogP contribution is 2.37. The van der Waals surface area contributed by atoms with Crippen LogP contribution in [0.4, 0.5) is 28.7 Å². The Labute approximate surface area is 161 Å². The van der Waals surface area contributed by atoms with Crippen molar-refractivity contribution in [1.82, 2.24) is 9.97 Å². The number of fused-ring (bicyclic) bond motifs is 1. The molecule has 5 nitrogen and oxygen atoms in total. The second kappa shape index (κ2) is 7.02. The zero-order valence-corrected chi connectivity index (χ0v) is 15.4. The number of halogens is 2. The summed E-state index contributed by atoms with van der Waals surface area (Å²) in [6.07, 6.45) is 3.63. The molecule has 0 saturated carbocycles. The molecule has 0 bridgehead atoms. The summed E-state index contributed by atoms with van der Waals surface area (Å²) in [5.74, 6) is 1.24. The van der Waals surface area contributed by atoms with Gasteiger partial charge in [0.1, 0.15) is 12.0 Å². The largest absolute Gasteiger partial charge is 0.393 e. The lowest BCUT2D eigenvalue weighted by Crippen LogP contribution is -2.26. The predicted molar refractivity (Wildman–Crippen MR) is 108 cm³/mol. The van der Waals surface area contributed by atoms with Gasteiger partial charge in [-0.2, -0.15) is 0 Å². The Kier molecular flexibility index (Phi) is 4.57. The molecule has 4 rings (SSSR count). The first-order valence-corrected chi connectivity index (χ1v) is 9.07. The maximum atomic E-state index is 6.40. The molecular weight excluding hydrogens is 369 g/mol. The molecule has 0 amide bonds. The number of aryl methyl sites for hydroxylation is 1. The summed E-state index contributed by atoms with van der Waals surface area (Å²) in [4.78, 5) is 10.9. The molecule has 2 heterocycles. The van der Waals surface area contributed by atoms with Crippen LogP contribution in [0.15, 0.2) is 48.8 Å². The molecule has 132 valence electrons. The highest BCUT2D eigenvalue weighted by Gasteiger charge is 2.22. The van der Waals surface area contributed by atoms with E-state index in [1.807, 2.05) is 12.1 Å². The molecule has 0 fully saturated rings. The molecular formula is C19H17Cl2N5. The van der Waals surface area contributed by atoms with E-state index in [-0.39, 0.29) is 0 Å². The number of rotatable bonds is 3. The molecule has 7 heteroatoms. The van der Waals surface area contributed by atoms with Crippen molar-refractivity contribution in [3.8, 4) is 0 Å². The minimum absolute atomic E-state index is 0.467. The van der Waals surface area contributed by atoms with Crippen molar-refractivity contribution in [2.75, 3.05) is 22.5 Å². The normalized spacial score (nSPS) is 13.4. The molecule has 2 aromatic carbocycles. The van der Waals surface area contributed by atoms with E-state index in [4.69, 9.17) is 28.9 Å². The van der Waals surface area contributed by atoms with Gasteiger partial charge in [0.15, 0.2) is 11.6 Å². The van der Waals surface area contributed by atoms with Gasteiger partial charge in [-0.15, -0.1) is 0 Å². The minimum Gasteiger partial charge on any atom is -0.393 e. The fourth-order valence-corrected chi connectivity index (χ4v) is 3.46. The number of aromatic nitrogens is 2. The third kappa shape index (κ3) is 3.16. The van der Waals surface area contributed by atoms with Crippen LogP contribution in [-0.2, 0) is 6.42 Å². The van der Waals surface area contributed by atoms with Crippen molar-refractivity contribution >= 4 is 51.9 Å². The summed E-state index contributed by atoms with van der Waals surface area (Å²) in [7, 11) is 0. The molecule has 3 aromatic rings. The second-order valence-electron chi connectivity index (χ2n) is 6.10. The van der Waals surface area contributed by atoms with Crippen molar-refractivity contribution in [1.29, 1.82) is 0 Å². The first-order valence-electron chi connectivity index (χ1n) is 8.31. The van der Waals surface area contributed by atoms with Crippen LogP contribution < -0.4 is 16.0 Å². The van der Waals surface area contributed by atoms with Gasteiger partial charge in [0.25, 0.3) is 0 Å². The van der Waals surface area contributed by atoms with Crippen molar-refractivity contribution in [2.45, 2.75) is 12.8 Å². The standard InChI is InChI=1S/C19H17Cl2N5/c20-14-8-7-13(10-15(14)21)25-18-17(22)19(24-11-23-18)26-9-3-5-12-4-1-2-6-16(12)26/h1-2,4,6-8,10-11H,3,5,9,22H2,(H,23,24,25). The first-order chi connectivity index (χ1) is 12.6. The molecule has 0 aliphatic carbocycles. The van der Waals surface area contributed by atoms with Crippen molar-refractivity contribution in [3.63, 3.8) is 0 Å². The Morgan fingerprint density at radius 2 is 1.88 bits per heavy atom. The van der Waals surface area contributed by atoms with Crippen LogP contribution in [0.1, 0.15) is 12.0 Å². The van der Waals surface area contributed by atoms with Gasteiger partial charge >= 0.3 is 0 Å². The van der Waals surface area contributed by atoms with Crippen LogP contribution in [0, 0.1) is 0 Å². The van der Waals surface area contributed by atoms with E-state index in [1.165, 1.54) is 11.9 Å². The Morgan fingerprint density at radius 1 is 1.04 bits per heavy atom. The molecule has 0 spiro atoms. The van der Waals surface area contributed by atoms with Crippen LogP contribution in [0.2, 0.25) is 10.0 Å². The molecule has 0 atom stereocenters. The summed E-state index contributed by atoms with van der Waals surface area (Å²) in [5.41, 5.74) is 10.1. The summed E-state index contributed by atoms with van der Waals surface area (Å²) in [5, 5.41) is 4.16. The minimum atomic E-state index is 0.467. The molecule has 1 aromatic heterocycles. The van der Waals surface area contributed by atoms with Crippen molar-refractivity contribution in [2.24, 2.45) is 0 Å². The lowest BCUT2D eigenvalue weighted by atomic mass is 10.0. The van der Waals surface area contributed by atoms with Gasteiger partial charge in [-0.25, -0.2) is 9.97 Å². The summed E-state index contributed by atoms with van der Waals surface area (Å²) < 4.78 is 0. The number of para-hydroxylation sites is 1. The van der Waals surface area contributed by atoms with Crippen LogP contribution in [-0.4, -0.2) is 16.5 Å².